The Morgan fingerprint density at radius 3 is 2.42 bits per heavy atom. The number of carbonyl (C=O) groups is 2. The second-order valence-electron chi connectivity index (χ2n) is 5.10. The van der Waals surface area contributed by atoms with Crippen molar-refractivity contribution in [2.24, 2.45) is 0 Å². The van der Waals surface area contributed by atoms with Gasteiger partial charge in [-0.15, -0.1) is 0 Å². The third kappa shape index (κ3) is 3.34. The lowest BCUT2D eigenvalue weighted by Gasteiger charge is -2.34. The zero-order valence-electron chi connectivity index (χ0n) is 10.9. The Kier molecular flexibility index (Phi) is 4.23. The van der Waals surface area contributed by atoms with Gasteiger partial charge in [0.15, 0.2) is 0 Å². The summed E-state index contributed by atoms with van der Waals surface area (Å²) < 4.78 is 0. The molecule has 19 heavy (non-hydrogen) atoms. The summed E-state index contributed by atoms with van der Waals surface area (Å²) in [5.74, 6) is -1.08. The third-order valence-electron chi connectivity index (χ3n) is 3.58. The molecule has 2 aliphatic heterocycles. The number of hydrogen-bond acceptors (Lipinski definition) is 5. The van der Waals surface area contributed by atoms with Crippen LogP contribution in [0, 0.1) is 0 Å². The molecule has 8 nitrogen and oxygen atoms in total. The number of hydrogen-bond donors (Lipinski definition) is 3. The number of likely N-dealkylation sites (tertiary alicyclic amines) is 1. The Bertz CT molecular complexity index is 357. The molecule has 2 fully saturated rings. The van der Waals surface area contributed by atoms with Crippen molar-refractivity contribution in [3.63, 3.8) is 0 Å². The number of likely N-dealkylation sites (N-methyl/N-ethyl adjacent to an activating group) is 1. The van der Waals surface area contributed by atoms with Crippen molar-refractivity contribution in [1.82, 2.24) is 20.2 Å². The van der Waals surface area contributed by atoms with Crippen LogP contribution in [0.5, 0.6) is 0 Å². The predicted octanol–water partition coefficient (Wildman–Crippen LogP) is -1.62. The average Bonchev–Trinajstić information content (AvgIpc) is 2.74. The molecule has 0 bridgehead atoms. The van der Waals surface area contributed by atoms with E-state index in [1.165, 1.54) is 4.90 Å². The van der Waals surface area contributed by atoms with Gasteiger partial charge in [-0.25, -0.2) is 14.6 Å². The summed E-state index contributed by atoms with van der Waals surface area (Å²) in [5, 5.41) is 20.3. The summed E-state index contributed by atoms with van der Waals surface area (Å²) in [5.41, 5.74) is 2.71. The molecule has 2 aliphatic rings. The van der Waals surface area contributed by atoms with Crippen molar-refractivity contribution in [2.45, 2.75) is 18.6 Å². The average molecular weight is 272 g/mol. The Labute approximate surface area is 111 Å². The number of carbonyl (C=O) groups excluding carboxylic acids is 1. The number of nitrogens with one attached hydrogen (secondary N) is 1. The van der Waals surface area contributed by atoms with Gasteiger partial charge >= 0.3 is 12.0 Å². The van der Waals surface area contributed by atoms with Crippen molar-refractivity contribution in [3.8, 4) is 0 Å². The van der Waals surface area contributed by atoms with Crippen LogP contribution in [-0.4, -0.2) is 88.9 Å². The number of urea groups is 1. The summed E-state index contributed by atoms with van der Waals surface area (Å²) in [7, 11) is 2.01. The van der Waals surface area contributed by atoms with Crippen LogP contribution < -0.4 is 5.43 Å². The lowest BCUT2D eigenvalue weighted by molar-refractivity contribution is -0.141. The molecule has 0 aromatic rings. The summed E-state index contributed by atoms with van der Waals surface area (Å²) in [6.07, 6.45) is -0.676. The number of carboxylic acid groups (broad SMARTS) is 1. The van der Waals surface area contributed by atoms with E-state index >= 15 is 0 Å². The van der Waals surface area contributed by atoms with E-state index in [9.17, 15) is 14.7 Å². The number of piperazine rings is 1. The van der Waals surface area contributed by atoms with Crippen LogP contribution >= 0.6 is 0 Å². The van der Waals surface area contributed by atoms with E-state index in [0.29, 0.717) is 13.1 Å². The normalized spacial score (nSPS) is 29.5. The second kappa shape index (κ2) is 5.72. The highest BCUT2D eigenvalue weighted by atomic mass is 16.4. The fourth-order valence-corrected chi connectivity index (χ4v) is 2.39. The lowest BCUT2D eigenvalue weighted by atomic mass is 10.2. The van der Waals surface area contributed by atoms with E-state index in [4.69, 9.17) is 5.11 Å². The van der Waals surface area contributed by atoms with Gasteiger partial charge in [0.25, 0.3) is 0 Å². The highest BCUT2D eigenvalue weighted by Gasteiger charge is 2.39. The van der Waals surface area contributed by atoms with Crippen LogP contribution in [0.2, 0.25) is 0 Å². The standard InChI is InChI=1S/C11H20N4O4/c1-13-2-4-14(5-3-13)12-11(19)15-7-8(16)6-9(15)10(17)18/h8-9,16H,2-7H2,1H3,(H,12,19)(H,17,18)/t8-,9+/m1/s1. The van der Waals surface area contributed by atoms with Crippen LogP contribution in [0.15, 0.2) is 0 Å². The summed E-state index contributed by atoms with van der Waals surface area (Å²) >= 11 is 0. The maximum absolute atomic E-state index is 12.0. The number of nitrogens with zero attached hydrogens (tertiary/aromatic N) is 3. The Hall–Kier alpha value is -1.38. The number of aliphatic hydroxyl groups is 1. The molecule has 2 atom stereocenters. The zero-order valence-corrected chi connectivity index (χ0v) is 10.9. The minimum Gasteiger partial charge on any atom is -0.480 e. The van der Waals surface area contributed by atoms with Crippen molar-refractivity contribution >= 4 is 12.0 Å². The molecule has 0 aromatic heterocycles. The molecule has 8 heteroatoms. The Morgan fingerprint density at radius 1 is 1.21 bits per heavy atom. The lowest BCUT2D eigenvalue weighted by Crippen LogP contribution is -2.57. The monoisotopic (exact) mass is 272 g/mol. The molecule has 0 spiro atoms. The van der Waals surface area contributed by atoms with E-state index in [-0.39, 0.29) is 13.0 Å². The Balaban J connectivity index is 1.90. The van der Waals surface area contributed by atoms with Crippen LogP contribution in [-0.2, 0) is 4.79 Å². The molecule has 0 unspecified atom stereocenters. The van der Waals surface area contributed by atoms with Gasteiger partial charge in [0, 0.05) is 39.1 Å². The number of amides is 2. The number of aliphatic carboxylic acids is 1. The first kappa shape index (κ1) is 14.0. The number of carboxylic acids is 1. The maximum Gasteiger partial charge on any atom is 0.332 e. The van der Waals surface area contributed by atoms with Crippen molar-refractivity contribution in [1.29, 1.82) is 0 Å². The number of aliphatic hydroxyl groups excluding tert-OH is 1. The summed E-state index contributed by atoms with van der Waals surface area (Å²) in [6, 6.07) is -1.39. The first-order chi connectivity index (χ1) is 8.97. The van der Waals surface area contributed by atoms with Gasteiger partial charge in [0.05, 0.1) is 6.10 Å². The van der Waals surface area contributed by atoms with Crippen LogP contribution in [0.3, 0.4) is 0 Å². The topological polar surface area (TPSA) is 96.4 Å². The molecular formula is C11H20N4O4. The first-order valence-corrected chi connectivity index (χ1v) is 6.39. The second-order valence-corrected chi connectivity index (χ2v) is 5.10. The van der Waals surface area contributed by atoms with E-state index in [1.54, 1.807) is 5.01 Å². The molecule has 108 valence electrons. The minimum atomic E-state index is -1.08. The van der Waals surface area contributed by atoms with Gasteiger partial charge < -0.3 is 20.0 Å². The molecule has 2 amide bonds. The molecule has 3 N–H and O–H groups in total. The molecule has 2 rings (SSSR count). The molecule has 2 heterocycles. The Morgan fingerprint density at radius 2 is 1.84 bits per heavy atom. The minimum absolute atomic E-state index is 0.0660. The SMILES string of the molecule is CN1CCN(NC(=O)N2C[C@H](O)C[C@H]2C(=O)O)CC1. The van der Waals surface area contributed by atoms with Crippen LogP contribution in [0.25, 0.3) is 0 Å². The van der Waals surface area contributed by atoms with E-state index in [0.717, 1.165) is 13.1 Å². The quantitative estimate of drug-likeness (QED) is 0.559. The first-order valence-electron chi connectivity index (χ1n) is 6.39. The van der Waals surface area contributed by atoms with Gasteiger partial charge in [0.2, 0.25) is 0 Å². The van der Waals surface area contributed by atoms with Gasteiger partial charge in [-0.3, -0.25) is 5.43 Å². The fourth-order valence-electron chi connectivity index (χ4n) is 2.39. The largest absolute Gasteiger partial charge is 0.480 e. The van der Waals surface area contributed by atoms with E-state index in [1.807, 2.05) is 7.05 Å². The summed E-state index contributed by atoms with van der Waals surface area (Å²) in [4.78, 5) is 26.4. The van der Waals surface area contributed by atoms with Gasteiger partial charge in [0.1, 0.15) is 6.04 Å². The third-order valence-corrected chi connectivity index (χ3v) is 3.58. The van der Waals surface area contributed by atoms with Crippen LogP contribution in [0.1, 0.15) is 6.42 Å². The highest BCUT2D eigenvalue weighted by Crippen LogP contribution is 2.18. The zero-order chi connectivity index (χ0) is 14.0. The molecule has 0 radical (unpaired) electrons. The van der Waals surface area contributed by atoms with E-state index in [2.05, 4.69) is 10.3 Å². The van der Waals surface area contributed by atoms with Gasteiger partial charge in [-0.1, -0.05) is 0 Å². The summed E-state index contributed by atoms with van der Waals surface area (Å²) in [6.45, 7) is 3.18. The molecular weight excluding hydrogens is 252 g/mol. The molecule has 2 saturated heterocycles. The van der Waals surface area contributed by atoms with E-state index < -0.39 is 24.1 Å². The van der Waals surface area contributed by atoms with Crippen molar-refractivity contribution < 1.29 is 19.8 Å². The number of β-amino-alcohol motifs (C(OH)–C–C–N with tert-alkyl or cyclic N) is 1. The number of hydrazine groups is 1. The predicted molar refractivity (Wildman–Crippen MR) is 66.4 cm³/mol. The highest BCUT2D eigenvalue weighted by molar-refractivity contribution is 5.83. The van der Waals surface area contributed by atoms with Gasteiger partial charge in [-0.05, 0) is 7.05 Å². The molecule has 0 aromatic carbocycles. The fraction of sp³-hybridized carbons (Fsp3) is 0.818. The number of rotatable bonds is 2. The van der Waals surface area contributed by atoms with Crippen molar-refractivity contribution in [3.05, 3.63) is 0 Å². The maximum atomic E-state index is 12.0. The molecule has 0 saturated carbocycles. The van der Waals surface area contributed by atoms with Crippen LogP contribution in [0.4, 0.5) is 4.79 Å². The smallest absolute Gasteiger partial charge is 0.332 e. The van der Waals surface area contributed by atoms with Gasteiger partial charge in [-0.2, -0.15) is 0 Å². The van der Waals surface area contributed by atoms with Crippen molar-refractivity contribution in [2.75, 3.05) is 39.8 Å². The molecule has 0 aliphatic carbocycles.